The highest BCUT2D eigenvalue weighted by molar-refractivity contribution is 6.79. The lowest BCUT2D eigenvalue weighted by Gasteiger charge is -2.16. The number of nitrogens with one attached hydrogen (secondary N) is 4. The van der Waals surface area contributed by atoms with Crippen LogP contribution in [0.25, 0.3) is 0 Å². The highest BCUT2D eigenvalue weighted by Crippen LogP contribution is 1.96. The summed E-state index contributed by atoms with van der Waals surface area (Å²) >= 11 is 0. The lowest BCUT2D eigenvalue weighted by molar-refractivity contribution is -0.117. The van der Waals surface area contributed by atoms with E-state index in [9.17, 15) is 9.59 Å². The number of rotatable bonds is 9. The summed E-state index contributed by atoms with van der Waals surface area (Å²) in [7, 11) is 0. The Kier molecular flexibility index (Phi) is 8.33. The summed E-state index contributed by atoms with van der Waals surface area (Å²) in [6.45, 7) is 2.76. The molecule has 6 N–H and O–H groups in total. The Morgan fingerprint density at radius 2 is 1.25 bits per heavy atom. The van der Waals surface area contributed by atoms with Crippen LogP contribution in [0.15, 0.2) is 0 Å². The number of aliphatic hydroxyl groups is 2. The van der Waals surface area contributed by atoms with E-state index in [1.807, 2.05) is 13.8 Å². The molecule has 0 radical (unpaired) electrons. The van der Waals surface area contributed by atoms with Gasteiger partial charge < -0.3 is 20.8 Å². The standard InChI is InChI=1S/C12H22N4O4/c1-3-7(4-2)15-11(19)9(13)10(14)12(20)16-8(5-17)6-18/h7-8,13-14,17-18H,3-6H2,1-2H3,(H,15,19)(H,16,20). The zero-order valence-electron chi connectivity index (χ0n) is 11.7. The molecule has 0 aliphatic carbocycles. The molecule has 0 fully saturated rings. The molecule has 0 aromatic carbocycles. The molecule has 0 heterocycles. The fourth-order valence-electron chi connectivity index (χ4n) is 1.38. The largest absolute Gasteiger partial charge is 0.394 e. The van der Waals surface area contributed by atoms with Crippen LogP contribution in [0, 0.1) is 10.8 Å². The second-order valence-corrected chi connectivity index (χ2v) is 4.27. The molecule has 0 rings (SSSR count). The van der Waals surface area contributed by atoms with Crippen LogP contribution in [0.2, 0.25) is 0 Å². The maximum absolute atomic E-state index is 11.7. The van der Waals surface area contributed by atoms with Gasteiger partial charge in [0.25, 0.3) is 11.8 Å². The fourth-order valence-corrected chi connectivity index (χ4v) is 1.38. The van der Waals surface area contributed by atoms with Gasteiger partial charge in [-0.1, -0.05) is 13.8 Å². The molecule has 0 aliphatic heterocycles. The van der Waals surface area contributed by atoms with Crippen molar-refractivity contribution in [3.8, 4) is 0 Å². The van der Waals surface area contributed by atoms with Crippen LogP contribution in [0.5, 0.6) is 0 Å². The van der Waals surface area contributed by atoms with Gasteiger partial charge in [0.2, 0.25) is 0 Å². The summed E-state index contributed by atoms with van der Waals surface area (Å²) in [6, 6.07) is -1.03. The Morgan fingerprint density at radius 1 is 0.900 bits per heavy atom. The second-order valence-electron chi connectivity index (χ2n) is 4.27. The van der Waals surface area contributed by atoms with Gasteiger partial charge in [-0.15, -0.1) is 0 Å². The van der Waals surface area contributed by atoms with Crippen LogP contribution in [-0.4, -0.2) is 58.7 Å². The van der Waals surface area contributed by atoms with Gasteiger partial charge in [-0.2, -0.15) is 0 Å². The van der Waals surface area contributed by atoms with Crippen molar-refractivity contribution in [1.29, 1.82) is 10.8 Å². The van der Waals surface area contributed by atoms with E-state index in [1.165, 1.54) is 0 Å². The Labute approximate surface area is 117 Å². The third-order valence-corrected chi connectivity index (χ3v) is 2.80. The molecule has 0 spiro atoms. The first-order valence-electron chi connectivity index (χ1n) is 6.42. The predicted molar refractivity (Wildman–Crippen MR) is 74.1 cm³/mol. The molecule has 2 amide bonds. The van der Waals surface area contributed by atoms with E-state index >= 15 is 0 Å². The molecule has 20 heavy (non-hydrogen) atoms. The third kappa shape index (κ3) is 5.45. The summed E-state index contributed by atoms with van der Waals surface area (Å²) in [5.74, 6) is -1.77. The second kappa shape index (κ2) is 9.16. The third-order valence-electron chi connectivity index (χ3n) is 2.80. The van der Waals surface area contributed by atoms with E-state index in [1.54, 1.807) is 0 Å². The van der Waals surface area contributed by atoms with Crippen molar-refractivity contribution in [2.45, 2.75) is 38.8 Å². The summed E-state index contributed by atoms with van der Waals surface area (Å²) in [5.41, 5.74) is -1.55. The average molecular weight is 286 g/mol. The Bertz CT molecular complexity index is 340. The lowest BCUT2D eigenvalue weighted by atomic mass is 10.1. The molecular formula is C12H22N4O4. The van der Waals surface area contributed by atoms with E-state index < -0.39 is 42.5 Å². The molecule has 0 aromatic heterocycles. The first-order valence-corrected chi connectivity index (χ1v) is 6.42. The van der Waals surface area contributed by atoms with Gasteiger partial charge in [0.15, 0.2) is 11.4 Å². The monoisotopic (exact) mass is 286 g/mol. The lowest BCUT2D eigenvalue weighted by Crippen LogP contribution is -2.49. The van der Waals surface area contributed by atoms with Crippen molar-refractivity contribution >= 4 is 23.2 Å². The van der Waals surface area contributed by atoms with E-state index in [-0.39, 0.29) is 6.04 Å². The summed E-state index contributed by atoms with van der Waals surface area (Å²) < 4.78 is 0. The highest BCUT2D eigenvalue weighted by Gasteiger charge is 2.24. The Morgan fingerprint density at radius 3 is 1.55 bits per heavy atom. The number of hydrogen-bond donors (Lipinski definition) is 6. The van der Waals surface area contributed by atoms with Crippen LogP contribution in [-0.2, 0) is 9.59 Å². The molecule has 0 atom stereocenters. The minimum atomic E-state index is -0.984. The van der Waals surface area contributed by atoms with Crippen LogP contribution in [0.4, 0.5) is 0 Å². The highest BCUT2D eigenvalue weighted by atomic mass is 16.3. The number of carbonyl (C=O) groups excluding carboxylic acids is 2. The minimum Gasteiger partial charge on any atom is -0.394 e. The molecule has 8 nitrogen and oxygen atoms in total. The molecule has 114 valence electrons. The molecule has 0 aliphatic rings. The number of aliphatic hydroxyl groups excluding tert-OH is 2. The van der Waals surface area contributed by atoms with Gasteiger partial charge in [-0.25, -0.2) is 0 Å². The molecule has 0 saturated heterocycles. The summed E-state index contributed by atoms with van der Waals surface area (Å²) in [4.78, 5) is 23.3. The first-order chi connectivity index (χ1) is 9.40. The van der Waals surface area contributed by atoms with Gasteiger partial charge in [0.05, 0.1) is 19.3 Å². The van der Waals surface area contributed by atoms with Crippen LogP contribution in [0.3, 0.4) is 0 Å². The van der Waals surface area contributed by atoms with Gasteiger partial charge in [-0.3, -0.25) is 20.4 Å². The molecule has 0 aromatic rings. The Balaban J connectivity index is 4.57. The van der Waals surface area contributed by atoms with E-state index in [0.717, 1.165) is 0 Å². The number of amides is 2. The van der Waals surface area contributed by atoms with Gasteiger partial charge in [0, 0.05) is 6.04 Å². The predicted octanol–water partition coefficient (Wildman–Crippen LogP) is -1.20. The minimum absolute atomic E-state index is 0.110. The quantitative estimate of drug-likeness (QED) is 0.295. The van der Waals surface area contributed by atoms with E-state index in [4.69, 9.17) is 21.0 Å². The van der Waals surface area contributed by atoms with Crippen LogP contribution < -0.4 is 10.6 Å². The topological polar surface area (TPSA) is 146 Å². The van der Waals surface area contributed by atoms with Crippen LogP contribution >= 0.6 is 0 Å². The number of hydrogen-bond acceptors (Lipinski definition) is 6. The van der Waals surface area contributed by atoms with Crippen molar-refractivity contribution in [1.82, 2.24) is 10.6 Å². The average Bonchev–Trinajstić information content (AvgIpc) is 2.47. The molecule has 0 saturated carbocycles. The SMILES string of the molecule is CCC(CC)NC(=O)C(=N)C(=N)C(=O)NC(CO)CO. The zero-order valence-corrected chi connectivity index (χ0v) is 11.7. The van der Waals surface area contributed by atoms with Crippen molar-refractivity contribution < 1.29 is 19.8 Å². The van der Waals surface area contributed by atoms with E-state index in [2.05, 4.69) is 10.6 Å². The van der Waals surface area contributed by atoms with Crippen molar-refractivity contribution in [3.63, 3.8) is 0 Å². The maximum Gasteiger partial charge on any atom is 0.271 e. The maximum atomic E-state index is 11.7. The van der Waals surface area contributed by atoms with E-state index in [0.29, 0.717) is 12.8 Å². The van der Waals surface area contributed by atoms with Gasteiger partial charge in [-0.05, 0) is 12.8 Å². The van der Waals surface area contributed by atoms with Gasteiger partial charge >= 0.3 is 0 Å². The fraction of sp³-hybridized carbons (Fsp3) is 0.667. The smallest absolute Gasteiger partial charge is 0.271 e. The number of carbonyl (C=O) groups is 2. The van der Waals surface area contributed by atoms with Crippen molar-refractivity contribution in [2.24, 2.45) is 0 Å². The van der Waals surface area contributed by atoms with Crippen LogP contribution in [0.1, 0.15) is 26.7 Å². The molecule has 0 bridgehead atoms. The van der Waals surface area contributed by atoms with Crippen molar-refractivity contribution in [3.05, 3.63) is 0 Å². The normalized spacial score (nSPS) is 10.5. The van der Waals surface area contributed by atoms with Crippen molar-refractivity contribution in [2.75, 3.05) is 13.2 Å². The molecule has 0 unspecified atom stereocenters. The van der Waals surface area contributed by atoms with Gasteiger partial charge in [0.1, 0.15) is 0 Å². The zero-order chi connectivity index (χ0) is 15.7. The first kappa shape index (κ1) is 18.2. The Hall–Kier alpha value is -1.80. The molecular weight excluding hydrogens is 264 g/mol. The molecule has 8 heteroatoms. The summed E-state index contributed by atoms with van der Waals surface area (Å²) in [5, 5.41) is 37.3. The summed E-state index contributed by atoms with van der Waals surface area (Å²) in [6.07, 6.45) is 1.37.